The standard InChI is InChI=1S/C18H12O6/c19-15-11-3-7-1-8-4-12-14(18(22)24-16(12)20)6-10(8)2-9(7)5-13(11)17(21)23-15/h1-6H2. The molecule has 0 amide bonds. The average Bonchev–Trinajstić information content (AvgIpc) is 2.98. The Bertz CT molecular complexity index is 777. The van der Waals surface area contributed by atoms with E-state index in [2.05, 4.69) is 0 Å². The second-order valence-electron chi connectivity index (χ2n) is 6.74. The Hall–Kier alpha value is -2.76. The van der Waals surface area contributed by atoms with Gasteiger partial charge >= 0.3 is 23.9 Å². The number of allylic oxidation sites excluding steroid dienone is 4. The molecular formula is C18H12O6. The summed E-state index contributed by atoms with van der Waals surface area (Å²) in [5.41, 5.74) is 6.48. The molecule has 0 unspecified atom stereocenters. The Morgan fingerprint density at radius 1 is 0.417 bits per heavy atom. The molecule has 0 saturated carbocycles. The van der Waals surface area contributed by atoms with Crippen LogP contribution in [0.2, 0.25) is 0 Å². The molecule has 5 rings (SSSR count). The quantitative estimate of drug-likeness (QED) is 0.383. The van der Waals surface area contributed by atoms with Gasteiger partial charge < -0.3 is 9.47 Å². The van der Waals surface area contributed by atoms with Gasteiger partial charge in [0, 0.05) is 25.7 Å². The van der Waals surface area contributed by atoms with E-state index in [1.54, 1.807) is 0 Å². The Labute approximate surface area is 136 Å². The van der Waals surface area contributed by atoms with Gasteiger partial charge in [-0.25, -0.2) is 19.2 Å². The summed E-state index contributed by atoms with van der Waals surface area (Å²) in [6, 6.07) is 0. The van der Waals surface area contributed by atoms with E-state index in [0.29, 0.717) is 60.8 Å². The highest BCUT2D eigenvalue weighted by atomic mass is 16.6. The first-order valence-corrected chi connectivity index (χ1v) is 7.88. The molecule has 0 bridgehead atoms. The zero-order chi connectivity index (χ0) is 16.6. The van der Waals surface area contributed by atoms with Gasteiger partial charge in [-0.3, -0.25) is 0 Å². The topological polar surface area (TPSA) is 86.7 Å². The van der Waals surface area contributed by atoms with Crippen LogP contribution in [0.3, 0.4) is 0 Å². The smallest absolute Gasteiger partial charge is 0.342 e. The summed E-state index contributed by atoms with van der Waals surface area (Å²) in [5.74, 6) is -2.11. The molecule has 2 heterocycles. The van der Waals surface area contributed by atoms with Gasteiger partial charge in [0.1, 0.15) is 0 Å². The monoisotopic (exact) mass is 324 g/mol. The summed E-state index contributed by atoms with van der Waals surface area (Å²) in [6.45, 7) is 0. The molecule has 120 valence electrons. The number of rotatable bonds is 0. The van der Waals surface area contributed by atoms with E-state index in [0.717, 1.165) is 22.3 Å². The lowest BCUT2D eigenvalue weighted by molar-refractivity contribution is -0.152. The number of carbonyl (C=O) groups excluding carboxylic acids is 4. The van der Waals surface area contributed by atoms with Gasteiger partial charge in [-0.1, -0.05) is 22.3 Å². The number of ether oxygens (including phenoxy) is 2. The van der Waals surface area contributed by atoms with Crippen LogP contribution in [0.4, 0.5) is 0 Å². The third-order valence-electron chi connectivity index (χ3n) is 5.50. The highest BCUT2D eigenvalue weighted by Crippen LogP contribution is 2.48. The first-order chi connectivity index (χ1) is 11.5. The minimum Gasteiger partial charge on any atom is -0.386 e. The Morgan fingerprint density at radius 2 is 0.667 bits per heavy atom. The Morgan fingerprint density at radius 3 is 0.917 bits per heavy atom. The van der Waals surface area contributed by atoms with Crippen LogP contribution in [0.5, 0.6) is 0 Å². The van der Waals surface area contributed by atoms with E-state index >= 15 is 0 Å². The fourth-order valence-electron chi connectivity index (χ4n) is 4.24. The molecule has 3 aliphatic carbocycles. The first-order valence-electron chi connectivity index (χ1n) is 7.88. The lowest BCUT2D eigenvalue weighted by Crippen LogP contribution is -2.17. The van der Waals surface area contributed by atoms with E-state index in [1.807, 2.05) is 0 Å². The fourth-order valence-corrected chi connectivity index (χ4v) is 4.24. The zero-order valence-corrected chi connectivity index (χ0v) is 12.7. The van der Waals surface area contributed by atoms with Crippen LogP contribution in [0, 0.1) is 0 Å². The molecule has 6 heteroatoms. The SMILES string of the molecule is O=C1OC(=O)C2=C1CC1=C(CC3=C(C1)CC1=C(C3)C(=O)OC1=O)C2. The summed E-state index contributed by atoms with van der Waals surface area (Å²) in [4.78, 5) is 47.1. The van der Waals surface area contributed by atoms with Crippen LogP contribution >= 0.6 is 0 Å². The van der Waals surface area contributed by atoms with Gasteiger partial charge in [-0.05, 0) is 12.8 Å². The molecule has 0 radical (unpaired) electrons. The van der Waals surface area contributed by atoms with E-state index in [1.165, 1.54) is 0 Å². The second-order valence-corrected chi connectivity index (χ2v) is 6.74. The van der Waals surface area contributed by atoms with E-state index in [-0.39, 0.29) is 0 Å². The molecule has 0 spiro atoms. The third kappa shape index (κ3) is 1.71. The van der Waals surface area contributed by atoms with E-state index < -0.39 is 23.9 Å². The van der Waals surface area contributed by atoms with Crippen molar-refractivity contribution < 1.29 is 28.7 Å². The summed E-state index contributed by atoms with van der Waals surface area (Å²) in [5, 5.41) is 0. The third-order valence-corrected chi connectivity index (χ3v) is 5.50. The number of esters is 4. The minimum absolute atomic E-state index is 0.446. The second kappa shape index (κ2) is 4.41. The van der Waals surface area contributed by atoms with Gasteiger partial charge in [0.2, 0.25) is 0 Å². The van der Waals surface area contributed by atoms with Crippen molar-refractivity contribution in [3.63, 3.8) is 0 Å². The predicted molar refractivity (Wildman–Crippen MR) is 78.0 cm³/mol. The van der Waals surface area contributed by atoms with Crippen molar-refractivity contribution >= 4 is 23.9 Å². The minimum atomic E-state index is -0.528. The zero-order valence-electron chi connectivity index (χ0n) is 12.7. The lowest BCUT2D eigenvalue weighted by atomic mass is 9.72. The summed E-state index contributed by atoms with van der Waals surface area (Å²) < 4.78 is 9.43. The highest BCUT2D eigenvalue weighted by Gasteiger charge is 2.41. The Kier molecular flexibility index (Phi) is 2.51. The summed E-state index contributed by atoms with van der Waals surface area (Å²) >= 11 is 0. The van der Waals surface area contributed by atoms with Gasteiger partial charge in [0.15, 0.2) is 0 Å². The maximum atomic E-state index is 11.8. The molecule has 24 heavy (non-hydrogen) atoms. The molecule has 6 nitrogen and oxygen atoms in total. The van der Waals surface area contributed by atoms with Crippen LogP contribution in [-0.4, -0.2) is 23.9 Å². The number of cyclic esters (lactones) is 4. The maximum absolute atomic E-state index is 11.8. The summed E-state index contributed by atoms with van der Waals surface area (Å²) in [7, 11) is 0. The lowest BCUT2D eigenvalue weighted by Gasteiger charge is -2.30. The maximum Gasteiger partial charge on any atom is 0.342 e. The van der Waals surface area contributed by atoms with Crippen LogP contribution in [0.15, 0.2) is 44.6 Å². The molecule has 0 N–H and O–H groups in total. The van der Waals surface area contributed by atoms with Crippen molar-refractivity contribution in [3.05, 3.63) is 44.6 Å². The molecule has 5 aliphatic rings. The van der Waals surface area contributed by atoms with Crippen molar-refractivity contribution in [1.29, 1.82) is 0 Å². The molecule has 0 saturated heterocycles. The van der Waals surface area contributed by atoms with Crippen LogP contribution in [-0.2, 0) is 28.7 Å². The van der Waals surface area contributed by atoms with Gasteiger partial charge in [0.25, 0.3) is 0 Å². The normalized spacial score (nSPS) is 25.7. The molecule has 0 aromatic heterocycles. The molecular weight excluding hydrogens is 312 g/mol. The van der Waals surface area contributed by atoms with Gasteiger partial charge in [-0.2, -0.15) is 0 Å². The number of carbonyl (C=O) groups is 4. The van der Waals surface area contributed by atoms with Crippen molar-refractivity contribution in [2.45, 2.75) is 38.5 Å². The van der Waals surface area contributed by atoms with Crippen molar-refractivity contribution in [2.75, 3.05) is 0 Å². The Balaban J connectivity index is 1.44. The highest BCUT2D eigenvalue weighted by molar-refractivity contribution is 6.14. The largest absolute Gasteiger partial charge is 0.386 e. The van der Waals surface area contributed by atoms with E-state index in [4.69, 9.17) is 9.47 Å². The van der Waals surface area contributed by atoms with Gasteiger partial charge in [0.05, 0.1) is 22.3 Å². The van der Waals surface area contributed by atoms with Crippen LogP contribution in [0.1, 0.15) is 38.5 Å². The molecule has 0 atom stereocenters. The van der Waals surface area contributed by atoms with E-state index in [9.17, 15) is 19.2 Å². The summed E-state index contributed by atoms with van der Waals surface area (Å²) in [6.07, 6.45) is 3.15. The molecule has 0 aromatic rings. The van der Waals surface area contributed by atoms with Gasteiger partial charge in [-0.15, -0.1) is 0 Å². The molecule has 2 aliphatic heterocycles. The van der Waals surface area contributed by atoms with Crippen LogP contribution < -0.4 is 0 Å². The first kappa shape index (κ1) is 13.7. The predicted octanol–water partition coefficient (Wildman–Crippen LogP) is 1.72. The number of hydrogen-bond donors (Lipinski definition) is 0. The number of hydrogen-bond acceptors (Lipinski definition) is 6. The molecule has 0 aromatic carbocycles. The molecule has 0 fully saturated rings. The van der Waals surface area contributed by atoms with Crippen molar-refractivity contribution in [2.24, 2.45) is 0 Å². The fraction of sp³-hybridized carbons (Fsp3) is 0.333. The van der Waals surface area contributed by atoms with Crippen molar-refractivity contribution in [3.8, 4) is 0 Å². The average molecular weight is 324 g/mol. The van der Waals surface area contributed by atoms with Crippen molar-refractivity contribution in [1.82, 2.24) is 0 Å². The van der Waals surface area contributed by atoms with Crippen LogP contribution in [0.25, 0.3) is 0 Å².